The molecule has 0 aromatic carbocycles. The SMILES string of the molecule is CCOC(=O)C=Cc1ccc(C)o1. The number of carbonyl (C=O) groups excluding carboxylic acids is 1. The molecule has 0 spiro atoms. The summed E-state index contributed by atoms with van der Waals surface area (Å²) in [5, 5.41) is 0. The average Bonchev–Trinajstić information content (AvgIpc) is 2.49. The Hall–Kier alpha value is -1.51. The average molecular weight is 180 g/mol. The van der Waals surface area contributed by atoms with Crippen LogP contribution >= 0.6 is 0 Å². The van der Waals surface area contributed by atoms with Gasteiger partial charge in [-0.25, -0.2) is 4.79 Å². The van der Waals surface area contributed by atoms with Crippen molar-refractivity contribution in [3.8, 4) is 0 Å². The van der Waals surface area contributed by atoms with Crippen molar-refractivity contribution >= 4 is 12.0 Å². The highest BCUT2D eigenvalue weighted by atomic mass is 16.5. The molecule has 1 heterocycles. The Kier molecular flexibility index (Phi) is 3.31. The van der Waals surface area contributed by atoms with E-state index < -0.39 is 0 Å². The molecule has 3 nitrogen and oxygen atoms in total. The fraction of sp³-hybridized carbons (Fsp3) is 0.300. The van der Waals surface area contributed by atoms with E-state index in [4.69, 9.17) is 9.15 Å². The minimum absolute atomic E-state index is 0.350. The van der Waals surface area contributed by atoms with E-state index in [1.807, 2.05) is 13.0 Å². The summed E-state index contributed by atoms with van der Waals surface area (Å²) in [6.07, 6.45) is 2.94. The molecule has 1 aromatic rings. The Morgan fingerprint density at radius 3 is 2.92 bits per heavy atom. The first-order valence-corrected chi connectivity index (χ1v) is 4.13. The zero-order valence-electron chi connectivity index (χ0n) is 7.74. The summed E-state index contributed by atoms with van der Waals surface area (Å²) >= 11 is 0. The van der Waals surface area contributed by atoms with E-state index in [1.165, 1.54) is 6.08 Å². The number of rotatable bonds is 3. The van der Waals surface area contributed by atoms with Crippen molar-refractivity contribution in [2.24, 2.45) is 0 Å². The molecule has 0 amide bonds. The summed E-state index contributed by atoms with van der Waals surface area (Å²) in [6, 6.07) is 3.63. The van der Waals surface area contributed by atoms with E-state index in [1.54, 1.807) is 19.1 Å². The Morgan fingerprint density at radius 1 is 1.62 bits per heavy atom. The van der Waals surface area contributed by atoms with Crippen LogP contribution in [0.1, 0.15) is 18.4 Å². The summed E-state index contributed by atoms with van der Waals surface area (Å²) < 4.78 is 9.92. The predicted molar refractivity (Wildman–Crippen MR) is 49.1 cm³/mol. The van der Waals surface area contributed by atoms with Crippen LogP contribution in [0.2, 0.25) is 0 Å². The van der Waals surface area contributed by atoms with Crippen LogP contribution in [0, 0.1) is 6.92 Å². The molecule has 0 fully saturated rings. The summed E-state index contributed by atoms with van der Waals surface area (Å²) in [5.41, 5.74) is 0. The maximum atomic E-state index is 10.9. The van der Waals surface area contributed by atoms with Gasteiger partial charge in [-0.3, -0.25) is 0 Å². The van der Waals surface area contributed by atoms with Crippen molar-refractivity contribution in [1.29, 1.82) is 0 Å². The van der Waals surface area contributed by atoms with Gasteiger partial charge in [0.05, 0.1) is 6.61 Å². The number of hydrogen-bond acceptors (Lipinski definition) is 3. The van der Waals surface area contributed by atoms with Crippen LogP contribution in [-0.4, -0.2) is 12.6 Å². The smallest absolute Gasteiger partial charge is 0.330 e. The van der Waals surface area contributed by atoms with Crippen molar-refractivity contribution in [2.75, 3.05) is 6.61 Å². The van der Waals surface area contributed by atoms with E-state index >= 15 is 0 Å². The number of carbonyl (C=O) groups is 1. The molecule has 0 bridgehead atoms. The number of aryl methyl sites for hydroxylation is 1. The standard InChI is InChI=1S/C10H12O3/c1-3-12-10(11)7-6-9-5-4-8(2)13-9/h4-7H,3H2,1-2H3. The van der Waals surface area contributed by atoms with Gasteiger partial charge in [-0.15, -0.1) is 0 Å². The van der Waals surface area contributed by atoms with Gasteiger partial charge in [0, 0.05) is 6.08 Å². The summed E-state index contributed by atoms with van der Waals surface area (Å²) in [5.74, 6) is 1.13. The van der Waals surface area contributed by atoms with Crippen LogP contribution < -0.4 is 0 Å². The van der Waals surface area contributed by atoms with Crippen LogP contribution in [0.3, 0.4) is 0 Å². The Labute approximate surface area is 77.0 Å². The molecule has 13 heavy (non-hydrogen) atoms. The Morgan fingerprint density at radius 2 is 2.38 bits per heavy atom. The summed E-state index contributed by atoms with van der Waals surface area (Å²) in [4.78, 5) is 10.9. The second-order valence-electron chi connectivity index (χ2n) is 2.53. The quantitative estimate of drug-likeness (QED) is 0.528. The second-order valence-corrected chi connectivity index (χ2v) is 2.53. The molecule has 3 heteroatoms. The van der Waals surface area contributed by atoms with Gasteiger partial charge in [0.1, 0.15) is 11.5 Å². The van der Waals surface area contributed by atoms with Crippen molar-refractivity contribution in [2.45, 2.75) is 13.8 Å². The number of furan rings is 1. The summed E-state index contributed by atoms with van der Waals surface area (Å²) in [6.45, 7) is 4.00. The summed E-state index contributed by atoms with van der Waals surface area (Å²) in [7, 11) is 0. The van der Waals surface area contributed by atoms with E-state index in [9.17, 15) is 4.79 Å². The van der Waals surface area contributed by atoms with Crippen molar-refractivity contribution in [3.05, 3.63) is 29.7 Å². The molecule has 0 N–H and O–H groups in total. The topological polar surface area (TPSA) is 39.4 Å². The van der Waals surface area contributed by atoms with E-state index in [0.29, 0.717) is 12.4 Å². The van der Waals surface area contributed by atoms with Gasteiger partial charge >= 0.3 is 5.97 Å². The highest BCUT2D eigenvalue weighted by Crippen LogP contribution is 2.07. The van der Waals surface area contributed by atoms with E-state index in [0.717, 1.165) is 5.76 Å². The third-order valence-corrected chi connectivity index (χ3v) is 1.43. The molecule has 0 unspecified atom stereocenters. The van der Waals surface area contributed by atoms with Gasteiger partial charge in [0.25, 0.3) is 0 Å². The fourth-order valence-electron chi connectivity index (χ4n) is 0.884. The van der Waals surface area contributed by atoms with Crippen LogP contribution in [0.4, 0.5) is 0 Å². The lowest BCUT2D eigenvalue weighted by Crippen LogP contribution is -1.98. The highest BCUT2D eigenvalue weighted by Gasteiger charge is 1.96. The molecule has 70 valence electrons. The highest BCUT2D eigenvalue weighted by molar-refractivity contribution is 5.86. The number of ether oxygens (including phenoxy) is 1. The van der Waals surface area contributed by atoms with Crippen LogP contribution in [-0.2, 0) is 9.53 Å². The molecule has 1 rings (SSSR count). The van der Waals surface area contributed by atoms with Crippen molar-refractivity contribution in [1.82, 2.24) is 0 Å². The van der Waals surface area contributed by atoms with Crippen molar-refractivity contribution in [3.63, 3.8) is 0 Å². The molecule has 1 aromatic heterocycles. The molecule has 0 aliphatic rings. The van der Waals surface area contributed by atoms with Crippen molar-refractivity contribution < 1.29 is 13.9 Å². The first-order chi connectivity index (χ1) is 6.22. The van der Waals surface area contributed by atoms with Gasteiger partial charge < -0.3 is 9.15 Å². The molecular weight excluding hydrogens is 168 g/mol. The van der Waals surface area contributed by atoms with Crippen LogP contribution in [0.25, 0.3) is 6.08 Å². The molecule has 0 atom stereocenters. The predicted octanol–water partition coefficient (Wildman–Crippen LogP) is 2.16. The normalized spacial score (nSPS) is 10.6. The number of hydrogen-bond donors (Lipinski definition) is 0. The van der Waals surface area contributed by atoms with E-state index in [2.05, 4.69) is 0 Å². The van der Waals surface area contributed by atoms with Gasteiger partial charge in [-0.1, -0.05) is 0 Å². The third-order valence-electron chi connectivity index (χ3n) is 1.43. The second kappa shape index (κ2) is 4.50. The minimum Gasteiger partial charge on any atom is -0.463 e. The van der Waals surface area contributed by atoms with Crippen LogP contribution in [0.15, 0.2) is 22.6 Å². The zero-order valence-corrected chi connectivity index (χ0v) is 7.74. The lowest BCUT2D eigenvalue weighted by atomic mass is 10.4. The molecule has 0 saturated carbocycles. The van der Waals surface area contributed by atoms with Crippen LogP contribution in [0.5, 0.6) is 0 Å². The lowest BCUT2D eigenvalue weighted by Gasteiger charge is -1.93. The largest absolute Gasteiger partial charge is 0.463 e. The zero-order chi connectivity index (χ0) is 9.68. The lowest BCUT2D eigenvalue weighted by molar-refractivity contribution is -0.137. The number of esters is 1. The maximum Gasteiger partial charge on any atom is 0.330 e. The first-order valence-electron chi connectivity index (χ1n) is 4.13. The van der Waals surface area contributed by atoms with Gasteiger partial charge in [0.15, 0.2) is 0 Å². The Bertz CT molecular complexity index is 310. The van der Waals surface area contributed by atoms with E-state index in [-0.39, 0.29) is 5.97 Å². The minimum atomic E-state index is -0.350. The maximum absolute atomic E-state index is 10.9. The van der Waals surface area contributed by atoms with Gasteiger partial charge in [-0.2, -0.15) is 0 Å². The Balaban J connectivity index is 2.53. The fourth-order valence-corrected chi connectivity index (χ4v) is 0.884. The first kappa shape index (κ1) is 9.58. The molecular formula is C10H12O3. The monoisotopic (exact) mass is 180 g/mol. The molecule has 0 saturated heterocycles. The third kappa shape index (κ3) is 3.15. The molecule has 0 radical (unpaired) electrons. The molecule has 0 aliphatic heterocycles. The van der Waals surface area contributed by atoms with Gasteiger partial charge in [0.2, 0.25) is 0 Å². The molecule has 0 aliphatic carbocycles. The van der Waals surface area contributed by atoms with Gasteiger partial charge in [-0.05, 0) is 32.1 Å².